The van der Waals surface area contributed by atoms with Gasteiger partial charge in [-0.05, 0) is 62.4 Å². The van der Waals surface area contributed by atoms with Crippen molar-refractivity contribution >= 4 is 56.1 Å². The Labute approximate surface area is 271 Å². The van der Waals surface area contributed by atoms with Gasteiger partial charge < -0.3 is 20.1 Å². The summed E-state index contributed by atoms with van der Waals surface area (Å²) in [5.74, 6) is -1.31. The molecule has 0 radical (unpaired) electrons. The number of amides is 1. The Balaban J connectivity index is 1.57. The molecule has 3 N–H and O–H groups in total. The maximum Gasteiger partial charge on any atom is 0.304 e. The van der Waals surface area contributed by atoms with Crippen LogP contribution in [0.2, 0.25) is 0 Å². The maximum absolute atomic E-state index is 12.4. The Morgan fingerprint density at radius 3 is 2.51 bits per heavy atom. The molecule has 2 aromatic carbocycles. The van der Waals surface area contributed by atoms with Crippen molar-refractivity contribution in [2.24, 2.45) is 10.1 Å². The number of fused-ring (bicyclic) bond motifs is 1. The van der Waals surface area contributed by atoms with Crippen molar-refractivity contribution in [2.75, 3.05) is 40.9 Å². The molecule has 4 aromatic rings. The lowest BCUT2D eigenvalue weighted by Gasteiger charge is -2.22. The van der Waals surface area contributed by atoms with Crippen LogP contribution in [0.15, 0.2) is 70.9 Å². The van der Waals surface area contributed by atoms with Crippen LogP contribution in [0, 0.1) is 0 Å². The van der Waals surface area contributed by atoms with Gasteiger partial charge >= 0.3 is 5.97 Å². The number of pyridine rings is 1. The van der Waals surface area contributed by atoms with Crippen LogP contribution in [0.4, 0.5) is 22.7 Å². The molecule has 3 heterocycles. The van der Waals surface area contributed by atoms with Gasteiger partial charge in [0.15, 0.2) is 5.82 Å². The number of aliphatic carboxylic acids is 1. The summed E-state index contributed by atoms with van der Waals surface area (Å²) in [4.78, 5) is 40.6. The number of methoxy groups -OCH3 is 1. The molecule has 0 saturated carbocycles. The molecule has 1 aliphatic rings. The molecule has 0 fully saturated rings. The van der Waals surface area contributed by atoms with Gasteiger partial charge in [0, 0.05) is 37.5 Å². The first-order valence-corrected chi connectivity index (χ1v) is 16.3. The molecular formula is C31H33N9O6S. The van der Waals surface area contributed by atoms with Crippen molar-refractivity contribution in [1.82, 2.24) is 19.9 Å². The lowest BCUT2D eigenvalue weighted by atomic mass is 10.1. The Kier molecular flexibility index (Phi) is 9.60. The van der Waals surface area contributed by atoms with E-state index < -0.39 is 28.2 Å². The third kappa shape index (κ3) is 7.44. The molecule has 1 aliphatic heterocycles. The van der Waals surface area contributed by atoms with E-state index in [-0.39, 0.29) is 23.2 Å². The number of aromatic nitrogens is 4. The molecule has 0 saturated heterocycles. The summed E-state index contributed by atoms with van der Waals surface area (Å²) >= 11 is 0. The number of benzene rings is 2. The molecule has 0 spiro atoms. The van der Waals surface area contributed by atoms with Gasteiger partial charge in [0.05, 0.1) is 42.0 Å². The van der Waals surface area contributed by atoms with Crippen LogP contribution in [0.25, 0.3) is 11.4 Å². The van der Waals surface area contributed by atoms with Crippen LogP contribution in [0.1, 0.15) is 38.7 Å². The largest absolute Gasteiger partial charge is 0.495 e. The predicted octanol–water partition coefficient (Wildman–Crippen LogP) is 3.76. The second kappa shape index (κ2) is 13.8. The number of rotatable bonds is 13. The number of hydrogen-bond donors (Lipinski definition) is 3. The molecular weight excluding hydrogens is 626 g/mol. The highest BCUT2D eigenvalue weighted by atomic mass is 32.2. The summed E-state index contributed by atoms with van der Waals surface area (Å²) in [5, 5.41) is 21.0. The molecule has 1 amide bonds. The molecule has 0 bridgehead atoms. The molecule has 15 nitrogen and oxygen atoms in total. The fourth-order valence-electron chi connectivity index (χ4n) is 4.84. The van der Waals surface area contributed by atoms with Crippen LogP contribution in [-0.4, -0.2) is 82.6 Å². The van der Waals surface area contributed by atoms with Crippen LogP contribution < -0.4 is 19.7 Å². The van der Waals surface area contributed by atoms with Gasteiger partial charge in [0.1, 0.15) is 17.2 Å². The van der Waals surface area contributed by atoms with E-state index in [1.165, 1.54) is 24.9 Å². The van der Waals surface area contributed by atoms with Crippen molar-refractivity contribution in [1.29, 1.82) is 0 Å². The van der Waals surface area contributed by atoms with E-state index in [0.29, 0.717) is 39.9 Å². The molecule has 47 heavy (non-hydrogen) atoms. The Hall–Kier alpha value is -5.64. The number of sulfonamides is 1. The standard InChI is InChI=1S/C31H33N9O6S/c1-5-39(6-2)21-11-13-22(25(18-21)33-19(3)41)34-29-28(24-9-7-8-15-32-24)36-40-31(29)35-30(37-40)20-10-12-23(26(17-20)46-4)38-47(44,45)16-14-27(42)43/h7-13,15,17-18,38H,5-6,14,16H2,1-4H3,(H,33,41)(H,42,43)/b34-29-. The third-order valence-electron chi connectivity index (χ3n) is 7.09. The van der Waals surface area contributed by atoms with E-state index in [2.05, 4.69) is 44.0 Å². The second-order valence-corrected chi connectivity index (χ2v) is 12.1. The highest BCUT2D eigenvalue weighted by Gasteiger charge is 2.30. The number of hydrogen-bond acceptors (Lipinski definition) is 11. The summed E-state index contributed by atoms with van der Waals surface area (Å²) < 4.78 is 32.6. The third-order valence-corrected chi connectivity index (χ3v) is 8.36. The van der Waals surface area contributed by atoms with Gasteiger partial charge in [-0.2, -0.15) is 0 Å². The number of carbonyl (C=O) groups excluding carboxylic acids is 1. The first-order valence-electron chi connectivity index (χ1n) is 14.7. The van der Waals surface area contributed by atoms with Crippen LogP contribution in [0.5, 0.6) is 5.75 Å². The first kappa shape index (κ1) is 32.7. The van der Waals surface area contributed by atoms with Crippen LogP contribution >= 0.6 is 0 Å². The molecule has 5 rings (SSSR count). The van der Waals surface area contributed by atoms with Gasteiger partial charge in [-0.25, -0.2) is 18.4 Å². The topological polar surface area (TPSA) is 193 Å². The zero-order valence-electron chi connectivity index (χ0n) is 26.1. The number of nitrogens with zero attached hydrogens (tertiary/aromatic N) is 7. The average Bonchev–Trinajstić information content (AvgIpc) is 3.61. The SMILES string of the molecule is CCN(CC)c1ccc(/N=C2/C(c3ccccn3)=Nn3nc(-c4ccc(NS(=O)(=O)CCC(=O)O)c(OC)c4)nc32)c(NC(C)=O)c1. The zero-order valence-corrected chi connectivity index (χ0v) is 26.9. The lowest BCUT2D eigenvalue weighted by Crippen LogP contribution is -2.22. The summed E-state index contributed by atoms with van der Waals surface area (Å²) in [6, 6.07) is 15.7. The minimum atomic E-state index is -3.94. The molecule has 0 aliphatic carbocycles. The second-order valence-electron chi connectivity index (χ2n) is 10.3. The normalized spacial score (nSPS) is 13.2. The quantitative estimate of drug-likeness (QED) is 0.190. The molecule has 2 aromatic heterocycles. The highest BCUT2D eigenvalue weighted by molar-refractivity contribution is 7.92. The van der Waals surface area contributed by atoms with E-state index in [1.54, 1.807) is 30.5 Å². The fourth-order valence-corrected chi connectivity index (χ4v) is 5.89. The zero-order chi connectivity index (χ0) is 33.7. The van der Waals surface area contributed by atoms with Crippen LogP contribution in [0.3, 0.4) is 0 Å². The van der Waals surface area contributed by atoms with Gasteiger partial charge in [0.2, 0.25) is 21.8 Å². The van der Waals surface area contributed by atoms with E-state index >= 15 is 0 Å². The number of carboxylic acids is 1. The van der Waals surface area contributed by atoms with E-state index in [4.69, 9.17) is 19.8 Å². The first-order chi connectivity index (χ1) is 22.5. The Morgan fingerprint density at radius 2 is 1.85 bits per heavy atom. The smallest absolute Gasteiger partial charge is 0.304 e. The number of aliphatic imine (C=N–C) groups is 1. The summed E-state index contributed by atoms with van der Waals surface area (Å²) in [6.07, 6.45) is 1.10. The van der Waals surface area contributed by atoms with Gasteiger partial charge in [-0.15, -0.1) is 15.0 Å². The van der Waals surface area contributed by atoms with Crippen molar-refractivity contribution < 1.29 is 27.9 Å². The molecule has 16 heteroatoms. The van der Waals surface area contributed by atoms with Crippen molar-refractivity contribution in [2.45, 2.75) is 27.2 Å². The van der Waals surface area contributed by atoms with Crippen LogP contribution in [-0.2, 0) is 19.6 Å². The maximum atomic E-state index is 12.4. The minimum Gasteiger partial charge on any atom is -0.495 e. The van der Waals surface area contributed by atoms with Gasteiger partial charge in [-0.1, -0.05) is 6.07 Å². The monoisotopic (exact) mass is 659 g/mol. The molecule has 0 unspecified atom stereocenters. The lowest BCUT2D eigenvalue weighted by molar-refractivity contribution is -0.136. The van der Waals surface area contributed by atoms with Crippen molar-refractivity contribution in [3.05, 3.63) is 72.3 Å². The summed E-state index contributed by atoms with van der Waals surface area (Å²) in [6.45, 7) is 7.11. The fraction of sp³-hybridized carbons (Fsp3) is 0.258. The Morgan fingerprint density at radius 1 is 1.06 bits per heavy atom. The van der Waals surface area contributed by atoms with E-state index in [9.17, 15) is 18.0 Å². The van der Waals surface area contributed by atoms with Gasteiger partial charge in [-0.3, -0.25) is 19.3 Å². The number of anilines is 3. The predicted molar refractivity (Wildman–Crippen MR) is 178 cm³/mol. The van der Waals surface area contributed by atoms with Crippen molar-refractivity contribution in [3.8, 4) is 17.1 Å². The minimum absolute atomic E-state index is 0.129. The van der Waals surface area contributed by atoms with Crippen molar-refractivity contribution in [3.63, 3.8) is 0 Å². The highest BCUT2D eigenvalue weighted by Crippen LogP contribution is 2.34. The number of nitrogens with one attached hydrogen (secondary N) is 2. The number of carboxylic acid groups (broad SMARTS) is 1. The summed E-state index contributed by atoms with van der Waals surface area (Å²) in [7, 11) is -2.57. The van der Waals surface area contributed by atoms with E-state index in [1.807, 2.05) is 24.3 Å². The number of ether oxygens (including phenoxy) is 1. The molecule has 244 valence electrons. The van der Waals surface area contributed by atoms with E-state index in [0.717, 1.165) is 18.8 Å². The number of carbonyl (C=O) groups is 2. The summed E-state index contributed by atoms with van der Waals surface area (Å²) in [5.41, 5.74) is 3.89. The van der Waals surface area contributed by atoms with Gasteiger partial charge in [0.25, 0.3) is 0 Å². The average molecular weight is 660 g/mol. The Bertz CT molecular complexity index is 1990. The molecule has 0 atom stereocenters.